The van der Waals surface area contributed by atoms with Gasteiger partial charge in [-0.1, -0.05) is 19.3 Å². The van der Waals surface area contributed by atoms with Crippen molar-refractivity contribution in [2.75, 3.05) is 0 Å². The minimum atomic E-state index is -0.950. The van der Waals surface area contributed by atoms with Gasteiger partial charge in [-0.05, 0) is 26.7 Å². The summed E-state index contributed by atoms with van der Waals surface area (Å²) in [5.41, 5.74) is -0.950. The Hall–Kier alpha value is -1.06. The molecule has 1 amide bonds. The van der Waals surface area contributed by atoms with Crippen molar-refractivity contribution in [3.05, 3.63) is 0 Å². The first kappa shape index (κ1) is 12.0. The van der Waals surface area contributed by atoms with Gasteiger partial charge in [0.2, 0.25) is 6.41 Å². The maximum atomic E-state index is 11.4. The molecule has 0 unspecified atom stereocenters. The van der Waals surface area contributed by atoms with Crippen LogP contribution < -0.4 is 0 Å². The SMILES string of the molecule is CC(C)N(C=O)C1(C(=O)O)CCCCC1. The van der Waals surface area contributed by atoms with Gasteiger partial charge in [0.05, 0.1) is 0 Å². The van der Waals surface area contributed by atoms with Crippen molar-refractivity contribution in [3.63, 3.8) is 0 Å². The molecular formula is C11H19NO3. The summed E-state index contributed by atoms with van der Waals surface area (Å²) in [6.07, 6.45) is 4.70. The number of hydrogen-bond donors (Lipinski definition) is 1. The molecule has 86 valence electrons. The summed E-state index contributed by atoms with van der Waals surface area (Å²) in [6, 6.07) is -0.0586. The van der Waals surface area contributed by atoms with Crippen molar-refractivity contribution in [2.24, 2.45) is 0 Å². The number of hydrogen-bond acceptors (Lipinski definition) is 2. The first-order valence-electron chi connectivity index (χ1n) is 5.52. The van der Waals surface area contributed by atoms with E-state index < -0.39 is 11.5 Å². The van der Waals surface area contributed by atoms with Gasteiger partial charge in [-0.15, -0.1) is 0 Å². The normalized spacial score (nSPS) is 19.9. The summed E-state index contributed by atoms with van der Waals surface area (Å²) in [5, 5.41) is 9.34. The average molecular weight is 213 g/mol. The molecule has 15 heavy (non-hydrogen) atoms. The van der Waals surface area contributed by atoms with Crippen LogP contribution in [0.5, 0.6) is 0 Å². The lowest BCUT2D eigenvalue weighted by Gasteiger charge is -2.43. The minimum Gasteiger partial charge on any atom is -0.479 e. The van der Waals surface area contributed by atoms with Crippen molar-refractivity contribution in [1.82, 2.24) is 4.90 Å². The van der Waals surface area contributed by atoms with E-state index in [9.17, 15) is 14.7 Å². The van der Waals surface area contributed by atoms with Gasteiger partial charge in [-0.25, -0.2) is 4.79 Å². The van der Waals surface area contributed by atoms with E-state index in [0.717, 1.165) is 19.3 Å². The maximum absolute atomic E-state index is 11.4. The second-order valence-electron chi connectivity index (χ2n) is 4.50. The third-order valence-corrected chi connectivity index (χ3v) is 3.24. The number of carbonyl (C=O) groups is 2. The smallest absolute Gasteiger partial charge is 0.329 e. The van der Waals surface area contributed by atoms with Crippen molar-refractivity contribution < 1.29 is 14.7 Å². The van der Waals surface area contributed by atoms with E-state index in [1.54, 1.807) is 0 Å². The minimum absolute atomic E-state index is 0.0586. The number of nitrogens with zero attached hydrogens (tertiary/aromatic N) is 1. The van der Waals surface area contributed by atoms with E-state index in [1.165, 1.54) is 4.90 Å². The Morgan fingerprint density at radius 1 is 1.33 bits per heavy atom. The molecule has 1 N–H and O–H groups in total. The third-order valence-electron chi connectivity index (χ3n) is 3.24. The van der Waals surface area contributed by atoms with Crippen molar-refractivity contribution in [1.29, 1.82) is 0 Å². The fourth-order valence-electron chi connectivity index (χ4n) is 2.44. The number of rotatable bonds is 4. The van der Waals surface area contributed by atoms with Crippen molar-refractivity contribution in [3.8, 4) is 0 Å². The van der Waals surface area contributed by atoms with Crippen LogP contribution in [0.15, 0.2) is 0 Å². The highest BCUT2D eigenvalue weighted by Gasteiger charge is 2.45. The number of carboxylic acid groups (broad SMARTS) is 1. The molecule has 1 fully saturated rings. The number of aliphatic carboxylic acids is 1. The van der Waals surface area contributed by atoms with Crippen LogP contribution in [0, 0.1) is 0 Å². The zero-order valence-electron chi connectivity index (χ0n) is 9.40. The molecule has 0 aromatic rings. The van der Waals surface area contributed by atoms with Crippen molar-refractivity contribution in [2.45, 2.75) is 57.5 Å². The molecule has 0 heterocycles. The Labute approximate surface area is 90.3 Å². The van der Waals surface area contributed by atoms with Crippen LogP contribution in [0.2, 0.25) is 0 Å². The molecular weight excluding hydrogens is 194 g/mol. The molecule has 1 aliphatic rings. The summed E-state index contributed by atoms with van der Waals surface area (Å²) in [5.74, 6) is -0.858. The van der Waals surface area contributed by atoms with Crippen LogP contribution in [-0.4, -0.2) is 34.0 Å². The van der Waals surface area contributed by atoms with E-state index in [4.69, 9.17) is 0 Å². The monoisotopic (exact) mass is 213 g/mol. The first-order chi connectivity index (χ1) is 7.04. The summed E-state index contributed by atoms with van der Waals surface area (Å²) < 4.78 is 0. The molecule has 4 heteroatoms. The van der Waals surface area contributed by atoms with Gasteiger partial charge < -0.3 is 10.0 Å². The standard InChI is InChI=1S/C11H19NO3/c1-9(2)12(8-13)11(10(14)15)6-4-3-5-7-11/h8-9H,3-7H2,1-2H3,(H,14,15). The Kier molecular flexibility index (Phi) is 3.72. The average Bonchev–Trinajstić information content (AvgIpc) is 2.19. The van der Waals surface area contributed by atoms with Crippen molar-refractivity contribution >= 4 is 12.4 Å². The van der Waals surface area contributed by atoms with Gasteiger partial charge in [0.1, 0.15) is 5.54 Å². The van der Waals surface area contributed by atoms with Gasteiger partial charge in [0.15, 0.2) is 0 Å². The summed E-state index contributed by atoms with van der Waals surface area (Å²) >= 11 is 0. The largest absolute Gasteiger partial charge is 0.479 e. The van der Waals surface area contributed by atoms with Crippen LogP contribution in [0.4, 0.5) is 0 Å². The zero-order valence-corrected chi connectivity index (χ0v) is 9.40. The van der Waals surface area contributed by atoms with E-state index in [1.807, 2.05) is 13.8 Å². The van der Waals surface area contributed by atoms with Gasteiger partial charge in [-0.2, -0.15) is 0 Å². The lowest BCUT2D eigenvalue weighted by Crippen LogP contribution is -2.57. The summed E-state index contributed by atoms with van der Waals surface area (Å²) in [6.45, 7) is 3.71. The van der Waals surface area contributed by atoms with E-state index in [0.29, 0.717) is 19.3 Å². The molecule has 1 rings (SSSR count). The molecule has 1 saturated carbocycles. The predicted octanol–water partition coefficient (Wildman–Crippen LogP) is 1.64. The number of amides is 1. The lowest BCUT2D eigenvalue weighted by molar-refractivity contribution is -0.159. The van der Waals surface area contributed by atoms with Gasteiger partial charge in [0.25, 0.3) is 0 Å². The van der Waals surface area contributed by atoms with E-state index in [-0.39, 0.29) is 6.04 Å². The molecule has 0 saturated heterocycles. The summed E-state index contributed by atoms with van der Waals surface area (Å²) in [4.78, 5) is 23.9. The Bertz CT molecular complexity index is 244. The fraction of sp³-hybridized carbons (Fsp3) is 0.818. The molecule has 4 nitrogen and oxygen atoms in total. The van der Waals surface area contributed by atoms with Gasteiger partial charge >= 0.3 is 5.97 Å². The van der Waals surface area contributed by atoms with Gasteiger partial charge in [0, 0.05) is 6.04 Å². The van der Waals surface area contributed by atoms with Gasteiger partial charge in [-0.3, -0.25) is 4.79 Å². The second kappa shape index (κ2) is 4.64. The molecule has 0 aliphatic heterocycles. The predicted molar refractivity (Wildman–Crippen MR) is 56.5 cm³/mol. The van der Waals surface area contributed by atoms with Crippen LogP contribution >= 0.6 is 0 Å². The van der Waals surface area contributed by atoms with Crippen LogP contribution in [-0.2, 0) is 9.59 Å². The molecule has 0 atom stereocenters. The molecule has 0 radical (unpaired) electrons. The third kappa shape index (κ3) is 2.13. The Morgan fingerprint density at radius 2 is 1.87 bits per heavy atom. The first-order valence-corrected chi connectivity index (χ1v) is 5.52. The molecule has 1 aliphatic carbocycles. The summed E-state index contributed by atoms with van der Waals surface area (Å²) in [7, 11) is 0. The molecule has 0 bridgehead atoms. The van der Waals surface area contributed by atoms with Crippen LogP contribution in [0.3, 0.4) is 0 Å². The maximum Gasteiger partial charge on any atom is 0.329 e. The van der Waals surface area contributed by atoms with E-state index in [2.05, 4.69) is 0 Å². The highest BCUT2D eigenvalue weighted by atomic mass is 16.4. The fourth-order valence-corrected chi connectivity index (χ4v) is 2.44. The quantitative estimate of drug-likeness (QED) is 0.722. The highest BCUT2D eigenvalue weighted by molar-refractivity contribution is 5.81. The van der Waals surface area contributed by atoms with E-state index >= 15 is 0 Å². The van der Waals surface area contributed by atoms with Crippen LogP contribution in [0.1, 0.15) is 46.0 Å². The molecule has 0 aromatic carbocycles. The highest BCUT2D eigenvalue weighted by Crippen LogP contribution is 2.34. The molecule has 0 spiro atoms. The topological polar surface area (TPSA) is 57.6 Å². The number of carboxylic acids is 1. The Morgan fingerprint density at radius 3 is 2.20 bits per heavy atom. The Balaban J connectivity index is 2.97. The molecule has 0 aromatic heterocycles. The number of carbonyl (C=O) groups excluding carboxylic acids is 1. The second-order valence-corrected chi connectivity index (χ2v) is 4.50. The van der Waals surface area contributed by atoms with Crippen LogP contribution in [0.25, 0.3) is 0 Å². The zero-order chi connectivity index (χ0) is 11.5. The lowest BCUT2D eigenvalue weighted by atomic mass is 9.80.